The van der Waals surface area contributed by atoms with Crippen molar-refractivity contribution in [1.29, 1.82) is 0 Å². The third-order valence-corrected chi connectivity index (χ3v) is 4.86. The van der Waals surface area contributed by atoms with Crippen molar-refractivity contribution >= 4 is 21.8 Å². The van der Waals surface area contributed by atoms with Crippen LogP contribution in [-0.2, 0) is 10.0 Å². The molecular formula is C11H24N2O2S2. The molecule has 102 valence electrons. The van der Waals surface area contributed by atoms with Gasteiger partial charge in [0.1, 0.15) is 0 Å². The van der Waals surface area contributed by atoms with Gasteiger partial charge < -0.3 is 5.32 Å². The van der Waals surface area contributed by atoms with E-state index in [-0.39, 0.29) is 5.75 Å². The minimum Gasteiger partial charge on any atom is -0.314 e. The molecule has 1 aliphatic rings. The van der Waals surface area contributed by atoms with E-state index < -0.39 is 10.0 Å². The fraction of sp³-hybridized carbons (Fsp3) is 1.00. The molecule has 0 bridgehead atoms. The van der Waals surface area contributed by atoms with Crippen molar-refractivity contribution in [2.45, 2.75) is 38.1 Å². The molecule has 0 heterocycles. The molecule has 0 spiro atoms. The molecule has 0 saturated heterocycles. The summed E-state index contributed by atoms with van der Waals surface area (Å²) in [5.41, 5.74) is 0. The highest BCUT2D eigenvalue weighted by molar-refractivity contribution is 7.98. The number of hydrogen-bond acceptors (Lipinski definition) is 4. The Morgan fingerprint density at radius 3 is 2.59 bits per heavy atom. The van der Waals surface area contributed by atoms with Crippen molar-refractivity contribution in [2.24, 2.45) is 0 Å². The second-order valence-corrected chi connectivity index (χ2v) is 7.41. The van der Waals surface area contributed by atoms with E-state index in [4.69, 9.17) is 0 Å². The quantitative estimate of drug-likeness (QED) is 0.558. The van der Waals surface area contributed by atoms with Gasteiger partial charge in [-0.2, -0.15) is 11.8 Å². The standard InChI is InChI=1S/C11H24N2O2S2/c1-16-9-4-8-13-17(14,15)10-3-2-7-12-11-5-6-11/h11-13H,2-10H2,1H3. The van der Waals surface area contributed by atoms with Gasteiger partial charge in [0.2, 0.25) is 10.0 Å². The summed E-state index contributed by atoms with van der Waals surface area (Å²) in [5.74, 6) is 1.27. The smallest absolute Gasteiger partial charge is 0.211 e. The molecule has 0 unspecified atom stereocenters. The molecule has 4 nitrogen and oxygen atoms in total. The number of unbranched alkanes of at least 4 members (excludes halogenated alkanes) is 1. The fourth-order valence-electron chi connectivity index (χ4n) is 1.53. The Balaban J connectivity index is 1.94. The summed E-state index contributed by atoms with van der Waals surface area (Å²) < 4.78 is 25.8. The molecule has 0 radical (unpaired) electrons. The number of rotatable bonds is 11. The third kappa shape index (κ3) is 8.88. The average Bonchev–Trinajstić information content (AvgIpc) is 3.08. The highest BCUT2D eigenvalue weighted by atomic mass is 32.2. The Labute approximate surface area is 109 Å². The molecule has 0 aromatic rings. The van der Waals surface area contributed by atoms with E-state index in [0.717, 1.165) is 37.6 Å². The van der Waals surface area contributed by atoms with Crippen LogP contribution in [0.25, 0.3) is 0 Å². The van der Waals surface area contributed by atoms with Crippen LogP contribution >= 0.6 is 11.8 Å². The van der Waals surface area contributed by atoms with Crippen LogP contribution in [0.3, 0.4) is 0 Å². The highest BCUT2D eigenvalue weighted by Crippen LogP contribution is 2.18. The van der Waals surface area contributed by atoms with Crippen molar-refractivity contribution in [1.82, 2.24) is 10.0 Å². The molecule has 2 N–H and O–H groups in total. The van der Waals surface area contributed by atoms with E-state index in [1.165, 1.54) is 12.8 Å². The maximum absolute atomic E-state index is 11.6. The first-order valence-electron chi connectivity index (χ1n) is 6.34. The zero-order chi connectivity index (χ0) is 12.6. The summed E-state index contributed by atoms with van der Waals surface area (Å²) >= 11 is 1.74. The van der Waals surface area contributed by atoms with E-state index in [1.807, 2.05) is 6.26 Å². The van der Waals surface area contributed by atoms with Crippen LogP contribution in [0.15, 0.2) is 0 Å². The maximum Gasteiger partial charge on any atom is 0.211 e. The number of sulfonamides is 1. The molecule has 1 aliphatic carbocycles. The number of hydrogen-bond donors (Lipinski definition) is 2. The summed E-state index contributed by atoms with van der Waals surface area (Å²) in [5, 5.41) is 3.38. The zero-order valence-electron chi connectivity index (χ0n) is 10.6. The lowest BCUT2D eigenvalue weighted by atomic mass is 10.3. The van der Waals surface area contributed by atoms with Gasteiger partial charge in [0.15, 0.2) is 0 Å². The molecule has 0 atom stereocenters. The van der Waals surface area contributed by atoms with Crippen LogP contribution in [0, 0.1) is 0 Å². The van der Waals surface area contributed by atoms with Crippen molar-refractivity contribution in [2.75, 3.05) is 30.9 Å². The van der Waals surface area contributed by atoms with E-state index in [9.17, 15) is 8.42 Å². The lowest BCUT2D eigenvalue weighted by molar-refractivity contribution is 0.572. The van der Waals surface area contributed by atoms with Gasteiger partial charge in [-0.15, -0.1) is 0 Å². The highest BCUT2D eigenvalue weighted by Gasteiger charge is 2.19. The lowest BCUT2D eigenvalue weighted by Crippen LogP contribution is -2.28. The molecule has 0 aliphatic heterocycles. The molecule has 0 aromatic heterocycles. The Morgan fingerprint density at radius 1 is 1.18 bits per heavy atom. The maximum atomic E-state index is 11.6. The van der Waals surface area contributed by atoms with E-state index >= 15 is 0 Å². The van der Waals surface area contributed by atoms with Gasteiger partial charge in [-0.1, -0.05) is 0 Å². The van der Waals surface area contributed by atoms with Crippen molar-refractivity contribution in [3.05, 3.63) is 0 Å². The summed E-state index contributed by atoms with van der Waals surface area (Å²) in [6.07, 6.45) is 7.20. The average molecular weight is 280 g/mol. The van der Waals surface area contributed by atoms with E-state index in [0.29, 0.717) is 6.54 Å². The lowest BCUT2D eigenvalue weighted by Gasteiger charge is -2.06. The Kier molecular flexibility index (Phi) is 7.50. The Hall–Kier alpha value is 0.220. The third-order valence-electron chi connectivity index (χ3n) is 2.70. The Morgan fingerprint density at radius 2 is 1.94 bits per heavy atom. The van der Waals surface area contributed by atoms with Gasteiger partial charge >= 0.3 is 0 Å². The van der Waals surface area contributed by atoms with Gasteiger partial charge in [0, 0.05) is 12.6 Å². The first-order valence-corrected chi connectivity index (χ1v) is 9.38. The van der Waals surface area contributed by atoms with Gasteiger partial charge in [0.05, 0.1) is 5.75 Å². The minimum atomic E-state index is -3.03. The van der Waals surface area contributed by atoms with Crippen molar-refractivity contribution in [3.63, 3.8) is 0 Å². The summed E-state index contributed by atoms with van der Waals surface area (Å²) in [7, 11) is -3.03. The number of nitrogens with one attached hydrogen (secondary N) is 2. The SMILES string of the molecule is CSCCCNS(=O)(=O)CCCCNC1CC1. The fourth-order valence-corrected chi connectivity index (χ4v) is 3.14. The van der Waals surface area contributed by atoms with Gasteiger partial charge in [-0.3, -0.25) is 0 Å². The topological polar surface area (TPSA) is 58.2 Å². The number of thioether (sulfide) groups is 1. The van der Waals surface area contributed by atoms with E-state index in [1.54, 1.807) is 11.8 Å². The second-order valence-electron chi connectivity index (χ2n) is 4.50. The molecule has 1 rings (SSSR count). The molecule has 17 heavy (non-hydrogen) atoms. The summed E-state index contributed by atoms with van der Waals surface area (Å²) in [6, 6.07) is 0.719. The molecular weight excluding hydrogens is 256 g/mol. The van der Waals surface area contributed by atoms with Gasteiger partial charge in [-0.25, -0.2) is 13.1 Å². The predicted molar refractivity (Wildman–Crippen MR) is 75.0 cm³/mol. The first-order chi connectivity index (χ1) is 8.14. The predicted octanol–water partition coefficient (Wildman–Crippen LogP) is 1.19. The van der Waals surface area contributed by atoms with Crippen LogP contribution in [0.5, 0.6) is 0 Å². The monoisotopic (exact) mass is 280 g/mol. The van der Waals surface area contributed by atoms with Crippen LogP contribution < -0.4 is 10.0 Å². The molecule has 1 fully saturated rings. The molecule has 0 aromatic carbocycles. The normalized spacial score (nSPS) is 16.3. The van der Waals surface area contributed by atoms with E-state index in [2.05, 4.69) is 10.0 Å². The van der Waals surface area contributed by atoms with Crippen LogP contribution in [0.2, 0.25) is 0 Å². The van der Waals surface area contributed by atoms with Crippen LogP contribution in [-0.4, -0.2) is 45.3 Å². The minimum absolute atomic E-state index is 0.263. The van der Waals surface area contributed by atoms with Gasteiger partial charge in [0.25, 0.3) is 0 Å². The molecule has 1 saturated carbocycles. The molecule has 6 heteroatoms. The Bertz CT molecular complexity index is 290. The second kappa shape index (κ2) is 8.34. The van der Waals surface area contributed by atoms with Crippen LogP contribution in [0.4, 0.5) is 0 Å². The van der Waals surface area contributed by atoms with Gasteiger partial charge in [-0.05, 0) is 50.7 Å². The summed E-state index contributed by atoms with van der Waals surface area (Å²) in [6.45, 7) is 1.52. The largest absolute Gasteiger partial charge is 0.314 e. The van der Waals surface area contributed by atoms with Crippen molar-refractivity contribution in [3.8, 4) is 0 Å². The molecule has 0 amide bonds. The zero-order valence-corrected chi connectivity index (χ0v) is 12.2. The summed E-state index contributed by atoms with van der Waals surface area (Å²) in [4.78, 5) is 0. The van der Waals surface area contributed by atoms with Crippen molar-refractivity contribution < 1.29 is 8.42 Å². The van der Waals surface area contributed by atoms with Crippen LogP contribution in [0.1, 0.15) is 32.1 Å². The first kappa shape index (κ1) is 15.3.